The number of amides is 1. The molecule has 0 unspecified atom stereocenters. The average molecular weight is 267 g/mol. The van der Waals surface area contributed by atoms with Crippen LogP contribution in [0, 0.1) is 0 Å². The number of carbonyl (C=O) groups is 1. The fraction of sp³-hybridized carbons (Fsp3) is 0.167. The predicted molar refractivity (Wildman–Crippen MR) is 69.1 cm³/mol. The normalized spacial score (nSPS) is 10.2. The number of nitrogens with zero attached hydrogens (tertiary/aromatic N) is 1. The van der Waals surface area contributed by atoms with Crippen LogP contribution in [0.25, 0.3) is 0 Å². The lowest BCUT2D eigenvalue weighted by Gasteiger charge is -2.03. The van der Waals surface area contributed by atoms with Gasteiger partial charge in [0.05, 0.1) is 13.0 Å². The lowest BCUT2D eigenvalue weighted by atomic mass is 10.1. The molecule has 1 aromatic heterocycles. The number of hydrogen-bond donors (Lipinski definition) is 1. The Morgan fingerprint density at radius 3 is 3.06 bits per heavy atom. The Morgan fingerprint density at radius 2 is 2.35 bits per heavy atom. The topological polar surface area (TPSA) is 42.0 Å². The molecule has 3 nitrogen and oxygen atoms in total. The number of thiazole rings is 1. The van der Waals surface area contributed by atoms with Crippen LogP contribution >= 0.6 is 22.9 Å². The first-order valence-electron chi connectivity index (χ1n) is 5.13. The number of carbonyl (C=O) groups excluding carboxylic acids is 1. The molecule has 0 spiro atoms. The Labute approximate surface area is 108 Å². The van der Waals surface area contributed by atoms with Crippen LogP contribution in [0.15, 0.2) is 35.8 Å². The number of benzene rings is 1. The molecule has 1 aromatic carbocycles. The van der Waals surface area contributed by atoms with Crippen LogP contribution in [0.2, 0.25) is 5.02 Å². The zero-order chi connectivity index (χ0) is 12.1. The molecule has 0 radical (unpaired) electrons. The van der Waals surface area contributed by atoms with Gasteiger partial charge in [0.15, 0.2) is 0 Å². The molecule has 2 aromatic rings. The van der Waals surface area contributed by atoms with Crippen molar-refractivity contribution in [2.24, 2.45) is 0 Å². The largest absolute Gasteiger partial charge is 0.349 e. The van der Waals surface area contributed by atoms with Crippen molar-refractivity contribution < 1.29 is 4.79 Å². The summed E-state index contributed by atoms with van der Waals surface area (Å²) < 4.78 is 0. The summed E-state index contributed by atoms with van der Waals surface area (Å²) in [6.07, 6.45) is 2.06. The van der Waals surface area contributed by atoms with Gasteiger partial charge in [-0.1, -0.05) is 23.7 Å². The second kappa shape index (κ2) is 5.80. The Balaban J connectivity index is 1.85. The molecule has 5 heteroatoms. The maximum atomic E-state index is 11.6. The highest BCUT2D eigenvalue weighted by atomic mass is 35.5. The lowest BCUT2D eigenvalue weighted by Crippen LogP contribution is -2.24. The van der Waals surface area contributed by atoms with Crippen molar-refractivity contribution >= 4 is 28.8 Å². The summed E-state index contributed by atoms with van der Waals surface area (Å²) in [5.41, 5.74) is 0.911. The number of hydrogen-bond acceptors (Lipinski definition) is 3. The molecule has 2 rings (SSSR count). The second-order valence-electron chi connectivity index (χ2n) is 3.51. The second-order valence-corrected chi connectivity index (χ2v) is 4.92. The quantitative estimate of drug-likeness (QED) is 0.924. The molecule has 0 fully saturated rings. The van der Waals surface area contributed by atoms with E-state index in [0.717, 1.165) is 10.6 Å². The number of aromatic nitrogens is 1. The lowest BCUT2D eigenvalue weighted by molar-refractivity contribution is -0.120. The molecule has 1 amide bonds. The van der Waals surface area contributed by atoms with Gasteiger partial charge in [-0.25, -0.2) is 4.98 Å². The molecule has 1 N–H and O–H groups in total. The first-order chi connectivity index (χ1) is 8.24. The van der Waals surface area contributed by atoms with Gasteiger partial charge in [-0.3, -0.25) is 4.79 Å². The van der Waals surface area contributed by atoms with E-state index < -0.39 is 0 Å². The summed E-state index contributed by atoms with van der Waals surface area (Å²) in [4.78, 5) is 15.7. The van der Waals surface area contributed by atoms with E-state index in [1.807, 2.05) is 17.5 Å². The van der Waals surface area contributed by atoms with E-state index in [9.17, 15) is 4.79 Å². The maximum Gasteiger partial charge on any atom is 0.224 e. The highest BCUT2D eigenvalue weighted by molar-refractivity contribution is 7.09. The third kappa shape index (κ3) is 3.84. The van der Waals surface area contributed by atoms with Gasteiger partial charge in [0.2, 0.25) is 5.91 Å². The molecular formula is C12H11ClN2OS. The standard InChI is InChI=1S/C12H11ClN2OS/c13-10-3-1-2-9(6-10)7-11(16)15-8-12-14-4-5-17-12/h1-6H,7-8H2,(H,15,16). The summed E-state index contributed by atoms with van der Waals surface area (Å²) in [5, 5.41) is 6.26. The van der Waals surface area contributed by atoms with Gasteiger partial charge >= 0.3 is 0 Å². The Kier molecular flexibility index (Phi) is 4.12. The maximum absolute atomic E-state index is 11.6. The highest BCUT2D eigenvalue weighted by Crippen LogP contribution is 2.11. The Hall–Kier alpha value is -1.39. The SMILES string of the molecule is O=C(Cc1cccc(Cl)c1)NCc1nccs1. The van der Waals surface area contributed by atoms with E-state index in [-0.39, 0.29) is 5.91 Å². The van der Waals surface area contributed by atoms with Gasteiger partial charge in [0.25, 0.3) is 0 Å². The molecule has 0 atom stereocenters. The monoisotopic (exact) mass is 266 g/mol. The van der Waals surface area contributed by atoms with E-state index in [2.05, 4.69) is 10.3 Å². The molecule has 1 heterocycles. The minimum absolute atomic E-state index is 0.0255. The van der Waals surface area contributed by atoms with E-state index in [0.29, 0.717) is 18.0 Å². The van der Waals surface area contributed by atoms with Crippen LogP contribution in [0.1, 0.15) is 10.6 Å². The van der Waals surface area contributed by atoms with Gasteiger partial charge in [-0.05, 0) is 17.7 Å². The van der Waals surface area contributed by atoms with E-state index in [1.54, 1.807) is 18.3 Å². The summed E-state index contributed by atoms with van der Waals surface area (Å²) in [6, 6.07) is 7.31. The highest BCUT2D eigenvalue weighted by Gasteiger charge is 2.04. The summed E-state index contributed by atoms with van der Waals surface area (Å²) >= 11 is 7.37. The fourth-order valence-electron chi connectivity index (χ4n) is 1.41. The molecule has 0 aliphatic heterocycles. The number of rotatable bonds is 4. The van der Waals surface area contributed by atoms with Crippen molar-refractivity contribution in [1.29, 1.82) is 0 Å². The molecular weight excluding hydrogens is 256 g/mol. The van der Waals surface area contributed by atoms with E-state index in [1.165, 1.54) is 11.3 Å². The molecule has 17 heavy (non-hydrogen) atoms. The zero-order valence-electron chi connectivity index (χ0n) is 9.02. The van der Waals surface area contributed by atoms with Crippen molar-refractivity contribution in [1.82, 2.24) is 10.3 Å². The Morgan fingerprint density at radius 1 is 1.47 bits per heavy atom. The van der Waals surface area contributed by atoms with Crippen molar-refractivity contribution in [3.05, 3.63) is 51.4 Å². The van der Waals surface area contributed by atoms with Gasteiger partial charge in [-0.15, -0.1) is 11.3 Å². The summed E-state index contributed by atoms with van der Waals surface area (Å²) in [7, 11) is 0. The Bertz CT molecular complexity index is 499. The van der Waals surface area contributed by atoms with Crippen LogP contribution in [-0.4, -0.2) is 10.9 Å². The minimum atomic E-state index is -0.0255. The first-order valence-corrected chi connectivity index (χ1v) is 6.39. The number of halogens is 1. The van der Waals surface area contributed by atoms with Crippen LogP contribution < -0.4 is 5.32 Å². The van der Waals surface area contributed by atoms with E-state index >= 15 is 0 Å². The van der Waals surface area contributed by atoms with Crippen molar-refractivity contribution in [3.8, 4) is 0 Å². The van der Waals surface area contributed by atoms with Gasteiger partial charge in [0.1, 0.15) is 5.01 Å². The van der Waals surface area contributed by atoms with Crippen LogP contribution in [0.5, 0.6) is 0 Å². The predicted octanol–water partition coefficient (Wildman–Crippen LogP) is 2.66. The molecule has 88 valence electrons. The zero-order valence-corrected chi connectivity index (χ0v) is 10.6. The third-order valence-electron chi connectivity index (χ3n) is 2.17. The fourth-order valence-corrected chi connectivity index (χ4v) is 2.18. The molecule has 0 saturated heterocycles. The molecule has 0 aliphatic rings. The summed E-state index contributed by atoms with van der Waals surface area (Å²) in [5.74, 6) is -0.0255. The smallest absolute Gasteiger partial charge is 0.224 e. The summed E-state index contributed by atoms with van der Waals surface area (Å²) in [6.45, 7) is 0.483. The van der Waals surface area contributed by atoms with Gasteiger partial charge in [-0.2, -0.15) is 0 Å². The molecule has 0 bridgehead atoms. The van der Waals surface area contributed by atoms with Crippen LogP contribution in [0.4, 0.5) is 0 Å². The average Bonchev–Trinajstić information content (AvgIpc) is 2.79. The van der Waals surface area contributed by atoms with E-state index in [4.69, 9.17) is 11.6 Å². The number of nitrogens with one attached hydrogen (secondary N) is 1. The van der Waals surface area contributed by atoms with Crippen molar-refractivity contribution in [2.75, 3.05) is 0 Å². The first kappa shape index (κ1) is 12.1. The third-order valence-corrected chi connectivity index (χ3v) is 3.19. The van der Waals surface area contributed by atoms with Crippen LogP contribution in [0.3, 0.4) is 0 Å². The van der Waals surface area contributed by atoms with Crippen LogP contribution in [-0.2, 0) is 17.8 Å². The minimum Gasteiger partial charge on any atom is -0.349 e. The molecule has 0 aliphatic carbocycles. The van der Waals surface area contributed by atoms with Gasteiger partial charge < -0.3 is 5.32 Å². The van der Waals surface area contributed by atoms with Crippen molar-refractivity contribution in [3.63, 3.8) is 0 Å². The van der Waals surface area contributed by atoms with Gasteiger partial charge in [0, 0.05) is 16.6 Å². The van der Waals surface area contributed by atoms with Crippen molar-refractivity contribution in [2.45, 2.75) is 13.0 Å². The molecule has 0 saturated carbocycles.